The Hall–Kier alpha value is -0.570. The largest absolute Gasteiger partial charge is 0.481 e. The van der Waals surface area contributed by atoms with Gasteiger partial charge in [-0.1, -0.05) is 13.3 Å². The van der Waals surface area contributed by atoms with E-state index < -0.39 is 5.97 Å². The lowest BCUT2D eigenvalue weighted by molar-refractivity contribution is -0.137. The average molecular weight is 213 g/mol. The van der Waals surface area contributed by atoms with Crippen LogP contribution in [0.25, 0.3) is 0 Å². The third-order valence-electron chi connectivity index (χ3n) is 3.31. The topological polar surface area (TPSA) is 40.5 Å². The van der Waals surface area contributed by atoms with Gasteiger partial charge >= 0.3 is 5.97 Å². The van der Waals surface area contributed by atoms with Gasteiger partial charge in [-0.2, -0.15) is 0 Å². The van der Waals surface area contributed by atoms with Crippen LogP contribution in [0.2, 0.25) is 0 Å². The molecule has 0 bridgehead atoms. The Morgan fingerprint density at radius 1 is 1.40 bits per heavy atom. The molecule has 1 aliphatic heterocycles. The first kappa shape index (κ1) is 12.5. The summed E-state index contributed by atoms with van der Waals surface area (Å²) >= 11 is 0. The highest BCUT2D eigenvalue weighted by Gasteiger charge is 2.19. The first-order valence-corrected chi connectivity index (χ1v) is 6.20. The maximum atomic E-state index is 10.4. The van der Waals surface area contributed by atoms with Crippen molar-refractivity contribution in [3.63, 3.8) is 0 Å². The van der Waals surface area contributed by atoms with Crippen LogP contribution in [0.5, 0.6) is 0 Å². The molecule has 1 unspecified atom stereocenters. The van der Waals surface area contributed by atoms with Crippen molar-refractivity contribution in [2.75, 3.05) is 13.1 Å². The molecule has 1 heterocycles. The molecular formula is C12H23NO2. The van der Waals surface area contributed by atoms with Crippen LogP contribution in [0, 0.1) is 0 Å². The molecule has 0 aliphatic carbocycles. The summed E-state index contributed by atoms with van der Waals surface area (Å²) in [6, 6.07) is 0.753. The van der Waals surface area contributed by atoms with E-state index >= 15 is 0 Å². The molecule has 1 atom stereocenters. The Balaban J connectivity index is 2.15. The Kier molecular flexibility index (Phi) is 5.69. The molecule has 1 fully saturated rings. The van der Waals surface area contributed by atoms with Gasteiger partial charge in [0, 0.05) is 12.5 Å². The molecule has 3 heteroatoms. The van der Waals surface area contributed by atoms with Gasteiger partial charge in [0.2, 0.25) is 0 Å². The summed E-state index contributed by atoms with van der Waals surface area (Å²) in [5, 5.41) is 8.54. The minimum atomic E-state index is -0.666. The minimum Gasteiger partial charge on any atom is -0.481 e. The zero-order valence-corrected chi connectivity index (χ0v) is 9.74. The predicted molar refractivity (Wildman–Crippen MR) is 61.0 cm³/mol. The van der Waals surface area contributed by atoms with Gasteiger partial charge in [0.15, 0.2) is 0 Å². The highest BCUT2D eigenvalue weighted by Crippen LogP contribution is 2.19. The molecule has 15 heavy (non-hydrogen) atoms. The van der Waals surface area contributed by atoms with Crippen LogP contribution in [-0.4, -0.2) is 35.1 Å². The fourth-order valence-corrected chi connectivity index (χ4v) is 2.41. The number of hydrogen-bond acceptors (Lipinski definition) is 2. The molecule has 0 amide bonds. The monoisotopic (exact) mass is 213 g/mol. The normalized spacial score (nSPS) is 22.9. The summed E-state index contributed by atoms with van der Waals surface area (Å²) in [5.41, 5.74) is 0. The standard InChI is InChI=1S/C12H23NO2/c1-2-11-7-3-5-9-13(11)10-6-4-8-12(14)15/h11H,2-10H2,1H3,(H,14,15). The quantitative estimate of drug-likeness (QED) is 0.689. The van der Waals surface area contributed by atoms with Crippen LogP contribution in [-0.2, 0) is 4.79 Å². The fraction of sp³-hybridized carbons (Fsp3) is 0.917. The van der Waals surface area contributed by atoms with Gasteiger partial charge in [-0.25, -0.2) is 0 Å². The molecule has 88 valence electrons. The van der Waals surface area contributed by atoms with Gasteiger partial charge in [-0.15, -0.1) is 0 Å². The summed E-state index contributed by atoms with van der Waals surface area (Å²) in [6.45, 7) is 4.55. The third kappa shape index (κ3) is 4.65. The first-order valence-electron chi connectivity index (χ1n) is 6.20. The van der Waals surface area contributed by atoms with Crippen molar-refractivity contribution in [1.29, 1.82) is 0 Å². The second-order valence-electron chi connectivity index (χ2n) is 4.44. The van der Waals surface area contributed by atoms with Crippen LogP contribution in [0.1, 0.15) is 51.9 Å². The number of aliphatic carboxylic acids is 1. The van der Waals surface area contributed by atoms with E-state index in [0.29, 0.717) is 6.42 Å². The van der Waals surface area contributed by atoms with Gasteiger partial charge in [-0.3, -0.25) is 4.79 Å². The molecule has 1 rings (SSSR count). The molecule has 0 aromatic carbocycles. The van der Waals surface area contributed by atoms with Gasteiger partial charge < -0.3 is 10.0 Å². The van der Waals surface area contributed by atoms with Crippen molar-refractivity contribution in [1.82, 2.24) is 4.90 Å². The summed E-state index contributed by atoms with van der Waals surface area (Å²) in [5.74, 6) is -0.666. The molecular weight excluding hydrogens is 190 g/mol. The first-order chi connectivity index (χ1) is 7.24. The Labute approximate surface area is 92.5 Å². The van der Waals surface area contributed by atoms with E-state index in [2.05, 4.69) is 11.8 Å². The lowest BCUT2D eigenvalue weighted by Crippen LogP contribution is -2.39. The number of nitrogens with zero attached hydrogens (tertiary/aromatic N) is 1. The maximum absolute atomic E-state index is 10.4. The van der Waals surface area contributed by atoms with Crippen LogP contribution >= 0.6 is 0 Å². The highest BCUT2D eigenvalue weighted by atomic mass is 16.4. The zero-order valence-electron chi connectivity index (χ0n) is 9.74. The van der Waals surface area contributed by atoms with E-state index in [1.807, 2.05) is 0 Å². The Morgan fingerprint density at radius 3 is 2.87 bits per heavy atom. The number of carbonyl (C=O) groups is 1. The summed E-state index contributed by atoms with van der Waals surface area (Å²) in [7, 11) is 0. The van der Waals surface area contributed by atoms with Crippen LogP contribution in [0.3, 0.4) is 0 Å². The fourth-order valence-electron chi connectivity index (χ4n) is 2.41. The van der Waals surface area contributed by atoms with Crippen molar-refractivity contribution in [2.24, 2.45) is 0 Å². The third-order valence-corrected chi connectivity index (χ3v) is 3.31. The highest BCUT2D eigenvalue weighted by molar-refractivity contribution is 5.66. The molecule has 1 N–H and O–H groups in total. The average Bonchev–Trinajstić information content (AvgIpc) is 2.24. The SMILES string of the molecule is CCC1CCCCN1CCCCC(=O)O. The summed E-state index contributed by atoms with van der Waals surface area (Å²) in [4.78, 5) is 12.9. The number of unbranched alkanes of at least 4 members (excludes halogenated alkanes) is 1. The van der Waals surface area contributed by atoms with E-state index in [0.717, 1.165) is 25.4 Å². The van der Waals surface area contributed by atoms with Crippen LogP contribution < -0.4 is 0 Å². The smallest absolute Gasteiger partial charge is 0.303 e. The number of carboxylic acid groups (broad SMARTS) is 1. The number of piperidine rings is 1. The van der Waals surface area contributed by atoms with E-state index in [1.54, 1.807) is 0 Å². The molecule has 3 nitrogen and oxygen atoms in total. The Bertz CT molecular complexity index is 194. The molecule has 1 aliphatic rings. The lowest BCUT2D eigenvalue weighted by Gasteiger charge is -2.35. The number of hydrogen-bond donors (Lipinski definition) is 1. The molecule has 0 spiro atoms. The lowest BCUT2D eigenvalue weighted by atomic mass is 9.99. The summed E-state index contributed by atoms with van der Waals surface area (Å²) < 4.78 is 0. The minimum absolute atomic E-state index is 0.324. The summed E-state index contributed by atoms with van der Waals surface area (Å²) in [6.07, 6.45) is 7.42. The molecule has 0 aromatic heterocycles. The number of carboxylic acids is 1. The predicted octanol–water partition coefficient (Wildman–Crippen LogP) is 2.51. The van der Waals surface area contributed by atoms with Crippen molar-refractivity contribution >= 4 is 5.97 Å². The van der Waals surface area contributed by atoms with E-state index in [9.17, 15) is 4.79 Å². The number of rotatable bonds is 6. The second kappa shape index (κ2) is 6.83. The molecule has 1 saturated heterocycles. The van der Waals surface area contributed by atoms with Crippen molar-refractivity contribution < 1.29 is 9.90 Å². The van der Waals surface area contributed by atoms with Gasteiger partial charge in [0.1, 0.15) is 0 Å². The van der Waals surface area contributed by atoms with Crippen LogP contribution in [0.15, 0.2) is 0 Å². The molecule has 0 saturated carbocycles. The Morgan fingerprint density at radius 2 is 2.20 bits per heavy atom. The number of likely N-dealkylation sites (tertiary alicyclic amines) is 1. The van der Waals surface area contributed by atoms with Crippen LogP contribution in [0.4, 0.5) is 0 Å². The van der Waals surface area contributed by atoms with E-state index in [1.165, 1.54) is 32.2 Å². The van der Waals surface area contributed by atoms with E-state index in [4.69, 9.17) is 5.11 Å². The van der Waals surface area contributed by atoms with Gasteiger partial charge in [0.25, 0.3) is 0 Å². The van der Waals surface area contributed by atoms with Gasteiger partial charge in [0.05, 0.1) is 0 Å². The van der Waals surface area contributed by atoms with Gasteiger partial charge in [-0.05, 0) is 45.2 Å². The van der Waals surface area contributed by atoms with Crippen molar-refractivity contribution in [2.45, 2.75) is 57.9 Å². The van der Waals surface area contributed by atoms with E-state index in [-0.39, 0.29) is 0 Å². The molecule has 0 aromatic rings. The molecule has 0 radical (unpaired) electrons. The maximum Gasteiger partial charge on any atom is 0.303 e. The zero-order chi connectivity index (χ0) is 11.1. The van der Waals surface area contributed by atoms with Crippen molar-refractivity contribution in [3.05, 3.63) is 0 Å². The second-order valence-corrected chi connectivity index (χ2v) is 4.44. The van der Waals surface area contributed by atoms with Crippen molar-refractivity contribution in [3.8, 4) is 0 Å².